The van der Waals surface area contributed by atoms with Crippen molar-refractivity contribution in [1.82, 2.24) is 4.90 Å². The molecule has 2 nitrogen and oxygen atoms in total. The molecule has 0 saturated carbocycles. The van der Waals surface area contributed by atoms with Gasteiger partial charge in [-0.1, -0.05) is 11.6 Å². The van der Waals surface area contributed by atoms with E-state index in [0.29, 0.717) is 12.4 Å². The number of alkyl halides is 4. The number of allylic oxidation sites excluding steroid dienone is 2. The third kappa shape index (κ3) is 1.64. The van der Waals surface area contributed by atoms with Crippen molar-refractivity contribution in [3.63, 3.8) is 0 Å². The Labute approximate surface area is 83.4 Å². The van der Waals surface area contributed by atoms with Crippen LogP contribution in [-0.2, 0) is 0 Å². The Hall–Kier alpha value is -0.970. The Morgan fingerprint density at radius 2 is 2.14 bits per heavy atom. The minimum absolute atomic E-state index is 0.292. The second kappa shape index (κ2) is 3.02. The van der Waals surface area contributed by atoms with Crippen molar-refractivity contribution in [2.75, 3.05) is 6.54 Å². The summed E-state index contributed by atoms with van der Waals surface area (Å²) in [5.74, 6) is 0.484. The van der Waals surface area contributed by atoms with E-state index in [1.54, 1.807) is 0 Å². The lowest BCUT2D eigenvalue weighted by atomic mass is 10.2. The van der Waals surface area contributed by atoms with Gasteiger partial charge in [0.1, 0.15) is 11.3 Å². The average Bonchev–Trinajstić information content (AvgIpc) is 2.41. The summed E-state index contributed by atoms with van der Waals surface area (Å²) in [4.78, 5) is 5.34. The summed E-state index contributed by atoms with van der Waals surface area (Å²) in [6, 6.07) is 0. The molecule has 14 heavy (non-hydrogen) atoms. The summed E-state index contributed by atoms with van der Waals surface area (Å²) in [7, 11) is 0. The molecule has 0 fully saturated rings. The zero-order chi connectivity index (χ0) is 10.3. The van der Waals surface area contributed by atoms with Crippen molar-refractivity contribution in [3.05, 3.63) is 23.9 Å². The van der Waals surface area contributed by atoms with Crippen LogP contribution in [0.5, 0.6) is 0 Å². The Bertz CT molecular complexity index is 343. The van der Waals surface area contributed by atoms with Crippen LogP contribution >= 0.6 is 11.6 Å². The van der Waals surface area contributed by atoms with E-state index in [4.69, 9.17) is 11.6 Å². The highest BCUT2D eigenvalue weighted by Crippen LogP contribution is 2.30. The molecule has 6 heteroatoms. The molecule has 0 saturated heterocycles. The van der Waals surface area contributed by atoms with Crippen LogP contribution in [0.2, 0.25) is 0 Å². The Morgan fingerprint density at radius 3 is 2.79 bits per heavy atom. The third-order valence-electron chi connectivity index (χ3n) is 1.95. The number of rotatable bonds is 0. The minimum Gasteiger partial charge on any atom is -0.329 e. The predicted octanol–water partition coefficient (Wildman–Crippen LogP) is 2.28. The van der Waals surface area contributed by atoms with E-state index in [9.17, 15) is 13.2 Å². The van der Waals surface area contributed by atoms with Gasteiger partial charge in [0.05, 0.1) is 12.1 Å². The van der Waals surface area contributed by atoms with Crippen LogP contribution in [0.25, 0.3) is 0 Å². The summed E-state index contributed by atoms with van der Waals surface area (Å²) < 4.78 is 36.8. The van der Waals surface area contributed by atoms with Crippen molar-refractivity contribution < 1.29 is 13.2 Å². The van der Waals surface area contributed by atoms with Crippen LogP contribution in [0.1, 0.15) is 0 Å². The quantitative estimate of drug-likeness (QED) is 0.454. The van der Waals surface area contributed by atoms with Crippen LogP contribution in [0.4, 0.5) is 13.2 Å². The van der Waals surface area contributed by atoms with Gasteiger partial charge >= 0.3 is 6.18 Å². The number of nitrogens with zero attached hydrogens (tertiary/aromatic N) is 2. The maximum atomic E-state index is 12.3. The number of hydrogen-bond donors (Lipinski definition) is 0. The fraction of sp³-hybridized carbons (Fsp3) is 0.375. The largest absolute Gasteiger partial charge is 0.417 e. The number of halogens is 4. The zero-order valence-corrected chi connectivity index (χ0v) is 7.68. The zero-order valence-electron chi connectivity index (χ0n) is 6.92. The van der Waals surface area contributed by atoms with E-state index in [1.807, 2.05) is 0 Å². The summed E-state index contributed by atoms with van der Waals surface area (Å²) in [5.41, 5.74) is -1.14. The molecule has 0 aromatic carbocycles. The van der Waals surface area contributed by atoms with E-state index in [0.717, 1.165) is 12.3 Å². The second-order valence-corrected chi connectivity index (χ2v) is 3.49. The average molecular weight is 223 g/mol. The van der Waals surface area contributed by atoms with Crippen LogP contribution in [0, 0.1) is 0 Å². The standard InChI is InChI=1S/C8H6ClF3N2/c9-6-4-14-3-5(8(10,11)12)1-2-7(14)13-6/h1-3,6H,4H2. The maximum absolute atomic E-state index is 12.3. The molecule has 0 radical (unpaired) electrons. The molecule has 1 atom stereocenters. The summed E-state index contributed by atoms with van der Waals surface area (Å²) in [5, 5.41) is 0. The van der Waals surface area contributed by atoms with Crippen molar-refractivity contribution in [2.24, 2.45) is 4.99 Å². The van der Waals surface area contributed by atoms with Crippen LogP contribution in [-0.4, -0.2) is 29.0 Å². The second-order valence-electron chi connectivity index (χ2n) is 2.99. The fourth-order valence-electron chi connectivity index (χ4n) is 1.31. The number of hydrogen-bond acceptors (Lipinski definition) is 2. The summed E-state index contributed by atoms with van der Waals surface area (Å²) in [6.07, 6.45) is -0.955. The Morgan fingerprint density at radius 1 is 1.43 bits per heavy atom. The van der Waals surface area contributed by atoms with Gasteiger partial charge in [0.2, 0.25) is 0 Å². The number of amidine groups is 1. The molecular formula is C8H6ClF3N2. The van der Waals surface area contributed by atoms with Gasteiger partial charge in [-0.2, -0.15) is 13.2 Å². The lowest BCUT2D eigenvalue weighted by molar-refractivity contribution is -0.0890. The van der Waals surface area contributed by atoms with Gasteiger partial charge in [-0.25, -0.2) is 4.99 Å². The van der Waals surface area contributed by atoms with Crippen molar-refractivity contribution in [1.29, 1.82) is 0 Å². The maximum Gasteiger partial charge on any atom is 0.417 e. The van der Waals surface area contributed by atoms with Gasteiger partial charge in [0.25, 0.3) is 0 Å². The van der Waals surface area contributed by atoms with E-state index < -0.39 is 17.3 Å². The van der Waals surface area contributed by atoms with Crippen LogP contribution in [0.15, 0.2) is 28.9 Å². The first kappa shape index (κ1) is 9.58. The molecule has 0 bridgehead atoms. The molecule has 0 aromatic heterocycles. The number of fused-ring (bicyclic) bond motifs is 1. The van der Waals surface area contributed by atoms with Crippen LogP contribution < -0.4 is 0 Å². The first-order valence-corrected chi connectivity index (χ1v) is 4.36. The van der Waals surface area contributed by atoms with E-state index in [2.05, 4.69) is 4.99 Å². The normalized spacial score (nSPS) is 26.0. The smallest absolute Gasteiger partial charge is 0.329 e. The molecule has 2 rings (SSSR count). The lowest BCUT2D eigenvalue weighted by Crippen LogP contribution is -2.27. The van der Waals surface area contributed by atoms with Gasteiger partial charge < -0.3 is 4.90 Å². The summed E-state index contributed by atoms with van der Waals surface area (Å²) in [6.45, 7) is 0.292. The SMILES string of the molecule is FC(F)(F)C1=CN2CC(Cl)N=C2C=C1. The molecule has 0 amide bonds. The van der Waals surface area contributed by atoms with Crippen molar-refractivity contribution in [2.45, 2.75) is 11.7 Å². The highest BCUT2D eigenvalue weighted by atomic mass is 35.5. The molecule has 0 aromatic rings. The number of aliphatic imine (C=N–C) groups is 1. The molecule has 0 spiro atoms. The molecule has 0 N–H and O–H groups in total. The highest BCUT2D eigenvalue weighted by molar-refractivity contribution is 6.22. The van der Waals surface area contributed by atoms with Crippen LogP contribution in [0.3, 0.4) is 0 Å². The molecule has 0 aliphatic carbocycles. The van der Waals surface area contributed by atoms with E-state index in [1.165, 1.54) is 11.0 Å². The Kier molecular flexibility index (Phi) is 2.06. The lowest BCUT2D eigenvalue weighted by Gasteiger charge is -2.20. The van der Waals surface area contributed by atoms with Gasteiger partial charge in [0.15, 0.2) is 0 Å². The Balaban J connectivity index is 2.26. The van der Waals surface area contributed by atoms with Gasteiger partial charge in [-0.05, 0) is 12.2 Å². The summed E-state index contributed by atoms with van der Waals surface area (Å²) >= 11 is 5.68. The van der Waals surface area contributed by atoms with Gasteiger partial charge in [0, 0.05) is 6.20 Å². The first-order valence-electron chi connectivity index (χ1n) is 3.92. The monoisotopic (exact) mass is 222 g/mol. The minimum atomic E-state index is -4.31. The molecule has 2 heterocycles. The van der Waals surface area contributed by atoms with Crippen molar-refractivity contribution >= 4 is 17.4 Å². The molecule has 76 valence electrons. The fourth-order valence-corrected chi connectivity index (χ4v) is 1.56. The van der Waals surface area contributed by atoms with Gasteiger partial charge in [-0.3, -0.25) is 0 Å². The topological polar surface area (TPSA) is 15.6 Å². The first-order chi connectivity index (χ1) is 6.47. The predicted molar refractivity (Wildman–Crippen MR) is 47.1 cm³/mol. The van der Waals surface area contributed by atoms with E-state index in [-0.39, 0.29) is 0 Å². The van der Waals surface area contributed by atoms with Crippen molar-refractivity contribution in [3.8, 4) is 0 Å². The molecular weight excluding hydrogens is 217 g/mol. The molecule has 2 aliphatic heterocycles. The van der Waals surface area contributed by atoms with E-state index >= 15 is 0 Å². The third-order valence-corrected chi connectivity index (χ3v) is 2.18. The molecule has 1 unspecified atom stereocenters. The van der Waals surface area contributed by atoms with Gasteiger partial charge in [-0.15, -0.1) is 0 Å². The highest BCUT2D eigenvalue weighted by Gasteiger charge is 2.35. The molecule has 2 aliphatic rings.